The van der Waals surface area contributed by atoms with Gasteiger partial charge in [-0.3, -0.25) is 9.59 Å². The van der Waals surface area contributed by atoms with E-state index in [1.165, 1.54) is 0 Å². The molecule has 0 radical (unpaired) electrons. The van der Waals surface area contributed by atoms with Crippen molar-refractivity contribution in [2.24, 2.45) is 0 Å². The molecule has 5 nitrogen and oxygen atoms in total. The van der Waals surface area contributed by atoms with Gasteiger partial charge < -0.3 is 14.8 Å². The highest BCUT2D eigenvalue weighted by Gasteiger charge is 2.14. The molecule has 2 rings (SSSR count). The summed E-state index contributed by atoms with van der Waals surface area (Å²) in [6.07, 6.45) is 0.726. The lowest BCUT2D eigenvalue weighted by Crippen LogP contribution is -2.21. The topological polar surface area (TPSA) is 64.6 Å². The van der Waals surface area contributed by atoms with E-state index in [2.05, 4.69) is 21.2 Å². The van der Waals surface area contributed by atoms with Crippen molar-refractivity contribution >= 4 is 33.8 Å². The van der Waals surface area contributed by atoms with Crippen molar-refractivity contribution in [3.05, 3.63) is 51.5 Å². The molecule has 1 amide bonds. The molecule has 0 heterocycles. The molecule has 25 heavy (non-hydrogen) atoms. The maximum Gasteiger partial charge on any atom is 0.262 e. The Morgan fingerprint density at radius 2 is 1.96 bits per heavy atom. The van der Waals surface area contributed by atoms with E-state index in [1.54, 1.807) is 12.1 Å². The summed E-state index contributed by atoms with van der Waals surface area (Å²) in [7, 11) is 0. The average molecular weight is 406 g/mol. The van der Waals surface area contributed by atoms with Gasteiger partial charge in [0.15, 0.2) is 18.1 Å². The third-order valence-electron chi connectivity index (χ3n) is 3.48. The second-order valence-electron chi connectivity index (χ2n) is 5.54. The van der Waals surface area contributed by atoms with Gasteiger partial charge in [0.2, 0.25) is 0 Å². The largest absolute Gasteiger partial charge is 0.490 e. The maximum atomic E-state index is 12.2. The van der Waals surface area contributed by atoms with Crippen LogP contribution >= 0.6 is 15.9 Å². The molecule has 0 aliphatic carbocycles. The average Bonchev–Trinajstić information content (AvgIpc) is 2.57. The lowest BCUT2D eigenvalue weighted by Gasteiger charge is -2.15. The monoisotopic (exact) mass is 405 g/mol. The summed E-state index contributed by atoms with van der Waals surface area (Å²) in [6.45, 7) is 5.97. The van der Waals surface area contributed by atoms with Gasteiger partial charge in [-0.25, -0.2) is 0 Å². The zero-order valence-electron chi connectivity index (χ0n) is 14.4. The fourth-order valence-corrected chi connectivity index (χ4v) is 2.83. The molecular formula is C19H20BrNO4. The van der Waals surface area contributed by atoms with E-state index in [9.17, 15) is 9.59 Å². The van der Waals surface area contributed by atoms with Gasteiger partial charge in [-0.2, -0.15) is 0 Å². The van der Waals surface area contributed by atoms with E-state index in [-0.39, 0.29) is 12.5 Å². The van der Waals surface area contributed by atoms with Crippen molar-refractivity contribution in [2.75, 3.05) is 18.5 Å². The van der Waals surface area contributed by atoms with Crippen LogP contribution in [0.2, 0.25) is 0 Å². The molecule has 0 atom stereocenters. The van der Waals surface area contributed by atoms with Gasteiger partial charge in [0.25, 0.3) is 5.91 Å². The van der Waals surface area contributed by atoms with Gasteiger partial charge in [-0.15, -0.1) is 0 Å². The number of anilines is 1. The third kappa shape index (κ3) is 5.06. The zero-order valence-corrected chi connectivity index (χ0v) is 16.0. The van der Waals surface area contributed by atoms with Gasteiger partial charge in [-0.05, 0) is 66.0 Å². The Kier molecular flexibility index (Phi) is 6.58. The first kappa shape index (κ1) is 19.0. The summed E-state index contributed by atoms with van der Waals surface area (Å²) in [5.74, 6) is 0.532. The lowest BCUT2D eigenvalue weighted by atomic mass is 10.1. The predicted octanol–water partition coefficient (Wildman–Crippen LogP) is 4.29. The molecule has 0 saturated carbocycles. The summed E-state index contributed by atoms with van der Waals surface area (Å²) >= 11 is 3.35. The molecule has 2 aromatic rings. The minimum atomic E-state index is -0.275. The fraction of sp³-hybridized carbons (Fsp3) is 0.263. The summed E-state index contributed by atoms with van der Waals surface area (Å²) in [6, 6.07) is 9.05. The van der Waals surface area contributed by atoms with Crippen molar-refractivity contribution in [1.82, 2.24) is 0 Å². The van der Waals surface area contributed by atoms with Gasteiger partial charge in [0.05, 0.1) is 11.1 Å². The first-order chi connectivity index (χ1) is 11.9. The summed E-state index contributed by atoms with van der Waals surface area (Å²) in [5, 5.41) is 2.84. The Balaban J connectivity index is 2.11. The molecule has 0 saturated heterocycles. The first-order valence-electron chi connectivity index (χ1n) is 7.86. The summed E-state index contributed by atoms with van der Waals surface area (Å²) < 4.78 is 11.7. The number of carbonyl (C=O) groups is 2. The quantitative estimate of drug-likeness (QED) is 0.697. The molecule has 132 valence electrons. The third-order valence-corrected chi connectivity index (χ3v) is 4.07. The number of benzene rings is 2. The number of aryl methyl sites for hydroxylation is 2. The van der Waals surface area contributed by atoms with Crippen molar-refractivity contribution in [3.8, 4) is 11.5 Å². The summed E-state index contributed by atoms with van der Waals surface area (Å²) in [5.41, 5.74) is 3.26. The molecule has 1 N–H and O–H groups in total. The highest BCUT2D eigenvalue weighted by Crippen LogP contribution is 2.36. The van der Waals surface area contributed by atoms with Crippen LogP contribution in [-0.2, 0) is 4.79 Å². The van der Waals surface area contributed by atoms with Crippen LogP contribution in [-0.4, -0.2) is 25.4 Å². The molecule has 0 bridgehead atoms. The Labute approximate surface area is 155 Å². The first-order valence-corrected chi connectivity index (χ1v) is 8.65. The maximum absolute atomic E-state index is 12.2. The minimum Gasteiger partial charge on any atom is -0.490 e. The SMILES string of the molecule is CCOc1cc(C=O)cc(Br)c1OCC(=O)Nc1cc(C)ccc1C. The summed E-state index contributed by atoms with van der Waals surface area (Å²) in [4.78, 5) is 23.2. The molecule has 0 spiro atoms. The van der Waals surface area contributed by atoms with Crippen LogP contribution in [0.1, 0.15) is 28.4 Å². The molecule has 0 aliphatic rings. The number of hydrogen-bond donors (Lipinski definition) is 1. The van der Waals surface area contributed by atoms with Crippen LogP contribution in [0.3, 0.4) is 0 Å². The number of rotatable bonds is 7. The molecule has 0 unspecified atom stereocenters. The van der Waals surface area contributed by atoms with Crippen molar-refractivity contribution < 1.29 is 19.1 Å². The molecule has 0 fully saturated rings. The number of aldehydes is 1. The van der Waals surface area contributed by atoms with Gasteiger partial charge in [0, 0.05) is 11.3 Å². The Morgan fingerprint density at radius 1 is 1.20 bits per heavy atom. The van der Waals surface area contributed by atoms with Gasteiger partial charge in [0.1, 0.15) is 6.29 Å². The number of carbonyl (C=O) groups excluding carboxylic acids is 2. The second-order valence-corrected chi connectivity index (χ2v) is 6.39. The van der Waals surface area contributed by atoms with Crippen LogP contribution < -0.4 is 14.8 Å². The molecule has 0 aromatic heterocycles. The smallest absolute Gasteiger partial charge is 0.262 e. The normalized spacial score (nSPS) is 10.2. The van der Waals surface area contributed by atoms with Crippen LogP contribution in [0.4, 0.5) is 5.69 Å². The zero-order chi connectivity index (χ0) is 18.4. The second kappa shape index (κ2) is 8.67. The van der Waals surface area contributed by atoms with E-state index < -0.39 is 0 Å². The number of ether oxygens (including phenoxy) is 2. The molecular weight excluding hydrogens is 386 g/mol. The standard InChI is InChI=1S/C19H20BrNO4/c1-4-24-17-9-14(10-22)8-15(20)19(17)25-11-18(23)21-16-7-12(2)5-6-13(16)3/h5-10H,4,11H2,1-3H3,(H,21,23). The van der Waals surface area contributed by atoms with Crippen LogP contribution in [0.5, 0.6) is 11.5 Å². The van der Waals surface area contributed by atoms with E-state index in [4.69, 9.17) is 9.47 Å². The van der Waals surface area contributed by atoms with E-state index in [1.807, 2.05) is 39.0 Å². The minimum absolute atomic E-state index is 0.174. The highest BCUT2D eigenvalue weighted by molar-refractivity contribution is 9.10. The lowest BCUT2D eigenvalue weighted by molar-refractivity contribution is -0.118. The van der Waals surface area contributed by atoms with Gasteiger partial charge >= 0.3 is 0 Å². The van der Waals surface area contributed by atoms with E-state index >= 15 is 0 Å². The molecule has 2 aromatic carbocycles. The number of nitrogens with one attached hydrogen (secondary N) is 1. The fourth-order valence-electron chi connectivity index (χ4n) is 2.25. The van der Waals surface area contributed by atoms with Crippen LogP contribution in [0, 0.1) is 13.8 Å². The van der Waals surface area contributed by atoms with Crippen molar-refractivity contribution in [3.63, 3.8) is 0 Å². The molecule has 6 heteroatoms. The molecule has 0 aliphatic heterocycles. The Bertz CT molecular complexity index is 789. The van der Waals surface area contributed by atoms with Gasteiger partial charge in [-0.1, -0.05) is 12.1 Å². The number of amides is 1. The van der Waals surface area contributed by atoms with Crippen LogP contribution in [0.25, 0.3) is 0 Å². The van der Waals surface area contributed by atoms with E-state index in [0.29, 0.717) is 28.1 Å². The number of hydrogen-bond acceptors (Lipinski definition) is 4. The number of halogens is 1. The highest BCUT2D eigenvalue weighted by atomic mass is 79.9. The van der Waals surface area contributed by atoms with Crippen molar-refractivity contribution in [1.29, 1.82) is 0 Å². The Morgan fingerprint density at radius 3 is 2.64 bits per heavy atom. The van der Waals surface area contributed by atoms with E-state index in [0.717, 1.165) is 23.1 Å². The Hall–Kier alpha value is -2.34. The predicted molar refractivity (Wildman–Crippen MR) is 101 cm³/mol. The van der Waals surface area contributed by atoms with Crippen molar-refractivity contribution in [2.45, 2.75) is 20.8 Å². The van der Waals surface area contributed by atoms with Crippen LogP contribution in [0.15, 0.2) is 34.8 Å².